The molecule has 1 amide bonds. The molecule has 1 aliphatic carbocycles. The maximum absolute atomic E-state index is 12.4. The number of rotatable bonds is 6. The molecule has 0 radical (unpaired) electrons. The van der Waals surface area contributed by atoms with Crippen molar-refractivity contribution >= 4 is 29.3 Å². The van der Waals surface area contributed by atoms with Crippen molar-refractivity contribution in [2.45, 2.75) is 37.8 Å². The molecule has 3 heterocycles. The fourth-order valence-corrected chi connectivity index (χ4v) is 4.90. The van der Waals surface area contributed by atoms with Gasteiger partial charge in [-0.25, -0.2) is 4.79 Å². The van der Waals surface area contributed by atoms with E-state index >= 15 is 0 Å². The van der Waals surface area contributed by atoms with Crippen LogP contribution in [0.15, 0.2) is 30.6 Å². The number of alkyl carbamates (subject to hydrolysis) is 1. The number of ketones is 1. The van der Waals surface area contributed by atoms with Gasteiger partial charge in [0.05, 0.1) is 24.8 Å². The third-order valence-corrected chi connectivity index (χ3v) is 6.37. The monoisotopic (exact) mass is 423 g/mol. The number of pyridine rings is 1. The maximum atomic E-state index is 12.4. The molecule has 1 aliphatic heterocycles. The molecule has 0 saturated carbocycles. The number of aromatic nitrogens is 1. The van der Waals surface area contributed by atoms with Crippen molar-refractivity contribution in [3.63, 3.8) is 0 Å². The van der Waals surface area contributed by atoms with Gasteiger partial charge in [0.2, 0.25) is 0 Å². The Morgan fingerprint density at radius 3 is 3.00 bits per heavy atom. The zero-order valence-corrected chi connectivity index (χ0v) is 17.1. The second-order valence-corrected chi connectivity index (χ2v) is 8.52. The molecular formula is C22H21N3O4S. The largest absolute Gasteiger partial charge is 0.446 e. The SMILES string of the molecule is N#Cc1c(CC(=O)/C=C/c2cccnc2)sc2c1CCC(OC(=O)NC1COC1)C2. The molecule has 0 spiro atoms. The molecule has 30 heavy (non-hydrogen) atoms. The van der Waals surface area contributed by atoms with Gasteiger partial charge in [-0.1, -0.05) is 6.07 Å². The summed E-state index contributed by atoms with van der Waals surface area (Å²) in [5.74, 6) is -0.0659. The fraction of sp³-hybridized carbons (Fsp3) is 0.364. The molecule has 2 aliphatic rings. The molecule has 154 valence electrons. The van der Waals surface area contributed by atoms with Crippen molar-refractivity contribution in [1.82, 2.24) is 10.3 Å². The van der Waals surface area contributed by atoms with Gasteiger partial charge in [-0.3, -0.25) is 9.78 Å². The lowest BCUT2D eigenvalue weighted by atomic mass is 9.92. The van der Waals surface area contributed by atoms with Crippen molar-refractivity contribution in [2.24, 2.45) is 0 Å². The summed E-state index contributed by atoms with van der Waals surface area (Å²) < 4.78 is 10.6. The van der Waals surface area contributed by atoms with Gasteiger partial charge in [-0.2, -0.15) is 5.26 Å². The zero-order valence-electron chi connectivity index (χ0n) is 16.3. The van der Waals surface area contributed by atoms with Crippen LogP contribution in [0.5, 0.6) is 0 Å². The van der Waals surface area contributed by atoms with Crippen molar-refractivity contribution in [3.8, 4) is 6.07 Å². The van der Waals surface area contributed by atoms with Crippen LogP contribution in [0.25, 0.3) is 6.08 Å². The molecule has 8 heteroatoms. The highest BCUT2D eigenvalue weighted by Crippen LogP contribution is 2.35. The van der Waals surface area contributed by atoms with Gasteiger partial charge < -0.3 is 14.8 Å². The van der Waals surface area contributed by atoms with Gasteiger partial charge in [0.15, 0.2) is 5.78 Å². The quantitative estimate of drug-likeness (QED) is 0.717. The second-order valence-electron chi connectivity index (χ2n) is 7.33. The lowest BCUT2D eigenvalue weighted by Gasteiger charge is -2.28. The summed E-state index contributed by atoms with van der Waals surface area (Å²) in [6, 6.07) is 5.98. The number of nitriles is 1. The van der Waals surface area contributed by atoms with Crippen LogP contribution in [0.2, 0.25) is 0 Å². The molecule has 1 N–H and O–H groups in total. The number of ether oxygens (including phenoxy) is 2. The first-order chi connectivity index (χ1) is 14.6. The maximum Gasteiger partial charge on any atom is 0.407 e. The Morgan fingerprint density at radius 1 is 1.43 bits per heavy atom. The van der Waals surface area contributed by atoms with Crippen LogP contribution in [0.3, 0.4) is 0 Å². The average Bonchev–Trinajstić information content (AvgIpc) is 3.06. The molecule has 1 unspecified atom stereocenters. The van der Waals surface area contributed by atoms with Crippen LogP contribution in [0, 0.1) is 11.3 Å². The van der Waals surface area contributed by atoms with E-state index in [2.05, 4.69) is 16.4 Å². The Hall–Kier alpha value is -3.02. The highest BCUT2D eigenvalue weighted by atomic mass is 32.1. The van der Waals surface area contributed by atoms with E-state index in [1.807, 2.05) is 12.1 Å². The molecule has 1 saturated heterocycles. The molecule has 0 aromatic carbocycles. The first-order valence-corrected chi connectivity index (χ1v) is 10.6. The Bertz CT molecular complexity index is 1010. The Morgan fingerprint density at radius 2 is 2.30 bits per heavy atom. The molecule has 4 rings (SSSR count). The highest BCUT2D eigenvalue weighted by Gasteiger charge is 2.29. The van der Waals surface area contributed by atoms with E-state index in [1.54, 1.807) is 18.5 Å². The normalized spacial score (nSPS) is 18.3. The van der Waals surface area contributed by atoms with E-state index in [0.717, 1.165) is 20.9 Å². The van der Waals surface area contributed by atoms with Crippen LogP contribution >= 0.6 is 11.3 Å². The molecule has 7 nitrogen and oxygen atoms in total. The topological polar surface area (TPSA) is 101 Å². The minimum absolute atomic E-state index is 0.0286. The molecule has 2 aromatic heterocycles. The van der Waals surface area contributed by atoms with Gasteiger partial charge in [-0.05, 0) is 42.2 Å². The molecular weight excluding hydrogens is 402 g/mol. The van der Waals surface area contributed by atoms with Gasteiger partial charge >= 0.3 is 6.09 Å². The predicted molar refractivity (Wildman–Crippen MR) is 111 cm³/mol. The van der Waals surface area contributed by atoms with Gasteiger partial charge in [0.1, 0.15) is 12.2 Å². The lowest BCUT2D eigenvalue weighted by Crippen LogP contribution is -2.49. The van der Waals surface area contributed by atoms with Gasteiger partial charge in [-0.15, -0.1) is 11.3 Å². The summed E-state index contributed by atoms with van der Waals surface area (Å²) in [5, 5.41) is 12.4. The third-order valence-electron chi connectivity index (χ3n) is 5.12. The van der Waals surface area contributed by atoms with E-state index in [1.165, 1.54) is 17.4 Å². The minimum atomic E-state index is -0.426. The Labute approximate surface area is 178 Å². The standard InChI is InChI=1S/C22H21N3O4S/c23-10-19-18-6-5-17(29-22(27)25-15-12-28-13-15)9-21(18)30-20(19)8-16(26)4-3-14-2-1-7-24-11-14/h1-4,7,11,15,17H,5-6,8-9,12-13H2,(H,25,27)/b4-3+. The number of nitrogens with one attached hydrogen (secondary N) is 1. The first-order valence-electron chi connectivity index (χ1n) is 9.81. The van der Waals surface area contributed by atoms with Crippen LogP contribution in [0.1, 0.15) is 32.9 Å². The van der Waals surface area contributed by atoms with E-state index in [0.29, 0.717) is 38.0 Å². The summed E-state index contributed by atoms with van der Waals surface area (Å²) in [4.78, 5) is 30.2. The zero-order chi connectivity index (χ0) is 20.9. The number of carbonyl (C=O) groups is 2. The van der Waals surface area contributed by atoms with E-state index in [4.69, 9.17) is 9.47 Å². The highest BCUT2D eigenvalue weighted by molar-refractivity contribution is 7.12. The Balaban J connectivity index is 1.39. The molecule has 1 fully saturated rings. The number of hydrogen-bond acceptors (Lipinski definition) is 7. The number of carbonyl (C=O) groups excluding carboxylic acids is 2. The summed E-state index contributed by atoms with van der Waals surface area (Å²) >= 11 is 1.48. The summed E-state index contributed by atoms with van der Waals surface area (Å²) in [7, 11) is 0. The van der Waals surface area contributed by atoms with Gasteiger partial charge in [0.25, 0.3) is 0 Å². The van der Waals surface area contributed by atoms with E-state index in [-0.39, 0.29) is 24.3 Å². The molecule has 2 aromatic rings. The number of allylic oxidation sites excluding steroid dienone is 1. The van der Waals surface area contributed by atoms with Crippen molar-refractivity contribution in [2.75, 3.05) is 13.2 Å². The van der Waals surface area contributed by atoms with Crippen molar-refractivity contribution < 1.29 is 19.1 Å². The lowest BCUT2D eigenvalue weighted by molar-refractivity contribution is -0.113. The number of hydrogen-bond donors (Lipinski definition) is 1. The molecule has 1 atom stereocenters. The summed E-state index contributed by atoms with van der Waals surface area (Å²) in [6.45, 7) is 1.04. The Kier molecular flexibility index (Phi) is 6.21. The third kappa shape index (κ3) is 4.75. The van der Waals surface area contributed by atoms with E-state index in [9.17, 15) is 14.9 Å². The van der Waals surface area contributed by atoms with Crippen LogP contribution < -0.4 is 5.32 Å². The number of fused-ring (bicyclic) bond motifs is 1. The second kappa shape index (κ2) is 9.20. The van der Waals surface area contributed by atoms with Crippen molar-refractivity contribution in [1.29, 1.82) is 5.26 Å². The predicted octanol–water partition coefficient (Wildman–Crippen LogP) is 2.82. The summed E-state index contributed by atoms with van der Waals surface area (Å²) in [5.41, 5.74) is 2.45. The average molecular weight is 423 g/mol. The number of nitrogens with zero attached hydrogens (tertiary/aromatic N) is 2. The van der Waals surface area contributed by atoms with Crippen LogP contribution in [0.4, 0.5) is 4.79 Å². The minimum Gasteiger partial charge on any atom is -0.446 e. The van der Waals surface area contributed by atoms with Gasteiger partial charge in [0, 0.05) is 35.0 Å². The first kappa shape index (κ1) is 20.3. The van der Waals surface area contributed by atoms with Crippen LogP contribution in [-0.4, -0.2) is 42.2 Å². The fourth-order valence-electron chi connectivity index (χ4n) is 3.52. The molecule has 0 bridgehead atoms. The summed E-state index contributed by atoms with van der Waals surface area (Å²) in [6.07, 6.45) is 8.05. The van der Waals surface area contributed by atoms with Crippen molar-refractivity contribution in [3.05, 3.63) is 57.0 Å². The van der Waals surface area contributed by atoms with Crippen LogP contribution in [-0.2, 0) is 33.5 Å². The van der Waals surface area contributed by atoms with E-state index < -0.39 is 6.09 Å². The smallest absolute Gasteiger partial charge is 0.407 e. The number of thiophene rings is 1. The number of amides is 1.